The maximum Gasteiger partial charge on any atom is 0.332 e. The number of nitrogens with zero attached hydrogens (tertiary/aromatic N) is 1. The lowest BCUT2D eigenvalue weighted by atomic mass is 10.2. The van der Waals surface area contributed by atoms with Gasteiger partial charge in [0.25, 0.3) is 5.91 Å². The van der Waals surface area contributed by atoms with Crippen molar-refractivity contribution in [2.24, 2.45) is 5.73 Å². The van der Waals surface area contributed by atoms with Gasteiger partial charge in [-0.15, -0.1) is 0 Å². The first-order valence-electron chi connectivity index (χ1n) is 3.51. The number of hydrogen-bond donors (Lipinski definition) is 2. The van der Waals surface area contributed by atoms with E-state index in [1.807, 2.05) is 5.32 Å². The number of carbonyl (C=O) groups excluding carboxylic acids is 3. The molecule has 6 nitrogen and oxygen atoms in total. The maximum absolute atomic E-state index is 10.9. The van der Waals surface area contributed by atoms with Crippen LogP contribution in [0, 0.1) is 0 Å². The van der Waals surface area contributed by atoms with E-state index >= 15 is 0 Å². The zero-order chi connectivity index (χ0) is 9.30. The Morgan fingerprint density at radius 2 is 2.25 bits per heavy atom. The summed E-state index contributed by atoms with van der Waals surface area (Å²) < 4.78 is 0. The second-order valence-electron chi connectivity index (χ2n) is 2.43. The highest BCUT2D eigenvalue weighted by Gasteiger charge is 2.40. The molecule has 0 radical (unpaired) electrons. The summed E-state index contributed by atoms with van der Waals surface area (Å²) in [6.45, 7) is 1.69. The van der Waals surface area contributed by atoms with E-state index in [1.54, 1.807) is 6.92 Å². The van der Waals surface area contributed by atoms with E-state index in [0.717, 1.165) is 4.90 Å². The van der Waals surface area contributed by atoms with Crippen molar-refractivity contribution < 1.29 is 14.4 Å². The quantitative estimate of drug-likeness (QED) is 0.515. The van der Waals surface area contributed by atoms with E-state index in [-0.39, 0.29) is 0 Å². The van der Waals surface area contributed by atoms with Crippen LogP contribution >= 0.6 is 0 Å². The predicted molar refractivity (Wildman–Crippen MR) is 39.0 cm³/mol. The van der Waals surface area contributed by atoms with Crippen LogP contribution in [-0.4, -0.2) is 28.9 Å². The molecule has 0 bridgehead atoms. The van der Waals surface area contributed by atoms with E-state index in [1.165, 1.54) is 0 Å². The third kappa shape index (κ3) is 1.11. The molecule has 0 aromatic carbocycles. The number of nitrogens with one attached hydrogen (secondary N) is 1. The first-order valence-corrected chi connectivity index (χ1v) is 3.51. The smallest absolute Gasteiger partial charge is 0.332 e. The van der Waals surface area contributed by atoms with E-state index < -0.39 is 24.0 Å². The highest BCUT2D eigenvalue weighted by atomic mass is 16.2. The van der Waals surface area contributed by atoms with Gasteiger partial charge in [-0.25, -0.2) is 14.5 Å². The second-order valence-corrected chi connectivity index (χ2v) is 2.43. The van der Waals surface area contributed by atoms with Gasteiger partial charge in [-0.3, -0.25) is 10.1 Å². The molecule has 5 amide bonds. The maximum atomic E-state index is 10.9. The molecule has 1 aliphatic heterocycles. The number of imide groups is 2. The number of amides is 5. The molecule has 3 N–H and O–H groups in total. The van der Waals surface area contributed by atoms with E-state index in [0.29, 0.717) is 6.42 Å². The molecule has 0 aromatic heterocycles. The monoisotopic (exact) mass is 171 g/mol. The third-order valence-electron chi connectivity index (χ3n) is 1.69. The number of nitrogens with two attached hydrogens (primary N) is 1. The summed E-state index contributed by atoms with van der Waals surface area (Å²) in [6.07, 6.45) is 0.376. The largest absolute Gasteiger partial charge is 0.351 e. The Balaban J connectivity index is 2.89. The van der Waals surface area contributed by atoms with Gasteiger partial charge in [0.05, 0.1) is 0 Å². The molecule has 1 atom stereocenters. The lowest BCUT2D eigenvalue weighted by Crippen LogP contribution is -2.43. The lowest BCUT2D eigenvalue weighted by Gasteiger charge is -2.14. The van der Waals surface area contributed by atoms with Crippen LogP contribution in [-0.2, 0) is 4.79 Å². The summed E-state index contributed by atoms with van der Waals surface area (Å²) >= 11 is 0. The highest BCUT2D eigenvalue weighted by Crippen LogP contribution is 2.10. The zero-order valence-electron chi connectivity index (χ0n) is 6.53. The summed E-state index contributed by atoms with van der Waals surface area (Å²) in [5, 5.41) is 2.00. The van der Waals surface area contributed by atoms with E-state index in [9.17, 15) is 14.4 Å². The Morgan fingerprint density at radius 1 is 1.67 bits per heavy atom. The molecule has 0 aliphatic carbocycles. The van der Waals surface area contributed by atoms with Crippen LogP contribution in [0.4, 0.5) is 9.59 Å². The number of carbonyl (C=O) groups is 3. The molecular weight excluding hydrogens is 162 g/mol. The summed E-state index contributed by atoms with van der Waals surface area (Å²) in [7, 11) is 0. The van der Waals surface area contributed by atoms with E-state index in [2.05, 4.69) is 0 Å². The van der Waals surface area contributed by atoms with Gasteiger partial charge in [0.1, 0.15) is 6.04 Å². The van der Waals surface area contributed by atoms with E-state index in [4.69, 9.17) is 5.73 Å². The Morgan fingerprint density at radius 3 is 2.58 bits per heavy atom. The van der Waals surface area contributed by atoms with Crippen LogP contribution < -0.4 is 11.1 Å². The fourth-order valence-electron chi connectivity index (χ4n) is 1.13. The summed E-state index contributed by atoms with van der Waals surface area (Å²) in [4.78, 5) is 33.2. The number of urea groups is 2. The Labute approximate surface area is 68.7 Å². The second kappa shape index (κ2) is 2.80. The lowest BCUT2D eigenvalue weighted by molar-refractivity contribution is -0.121. The van der Waals surface area contributed by atoms with Gasteiger partial charge in [0, 0.05) is 0 Å². The van der Waals surface area contributed by atoms with Gasteiger partial charge in [-0.05, 0) is 6.42 Å². The molecular formula is C6H9N3O3. The van der Waals surface area contributed by atoms with Gasteiger partial charge in [-0.2, -0.15) is 0 Å². The third-order valence-corrected chi connectivity index (χ3v) is 1.69. The van der Waals surface area contributed by atoms with Crippen molar-refractivity contribution in [1.29, 1.82) is 0 Å². The van der Waals surface area contributed by atoms with Crippen molar-refractivity contribution in [3.63, 3.8) is 0 Å². The van der Waals surface area contributed by atoms with Gasteiger partial charge in [-0.1, -0.05) is 6.92 Å². The minimum Gasteiger partial charge on any atom is -0.351 e. The SMILES string of the molecule is CCC1C(=O)NC(=O)N1C(N)=O. The van der Waals surface area contributed by atoms with Crippen molar-refractivity contribution in [1.82, 2.24) is 10.2 Å². The molecule has 12 heavy (non-hydrogen) atoms. The highest BCUT2D eigenvalue weighted by molar-refractivity contribution is 6.11. The minimum absolute atomic E-state index is 0.376. The average Bonchev–Trinajstić information content (AvgIpc) is 2.24. The average molecular weight is 171 g/mol. The minimum atomic E-state index is -0.898. The van der Waals surface area contributed by atoms with Crippen LogP contribution in [0.25, 0.3) is 0 Å². The molecule has 66 valence electrons. The molecule has 0 aromatic rings. The topological polar surface area (TPSA) is 92.5 Å². The standard InChI is InChI=1S/C6H9N3O3/c1-2-3-4(10)8-6(12)9(3)5(7)11/h3H,2H2,1H3,(H2,7,11)(H,8,10,12). The Bertz CT molecular complexity index is 250. The van der Waals surface area contributed by atoms with Gasteiger partial charge in [0.15, 0.2) is 0 Å². The van der Waals surface area contributed by atoms with Gasteiger partial charge < -0.3 is 5.73 Å². The van der Waals surface area contributed by atoms with Crippen molar-refractivity contribution >= 4 is 18.0 Å². The van der Waals surface area contributed by atoms with Crippen molar-refractivity contribution in [2.75, 3.05) is 0 Å². The van der Waals surface area contributed by atoms with Crippen LogP contribution in [0.5, 0.6) is 0 Å². The molecule has 1 aliphatic rings. The fourth-order valence-corrected chi connectivity index (χ4v) is 1.13. The molecule has 0 saturated carbocycles. The van der Waals surface area contributed by atoms with Crippen LogP contribution in [0.2, 0.25) is 0 Å². The molecule has 1 heterocycles. The van der Waals surface area contributed by atoms with Gasteiger partial charge in [0.2, 0.25) is 0 Å². The molecule has 1 fully saturated rings. The summed E-state index contributed by atoms with van der Waals surface area (Å²) in [6, 6.07) is -2.38. The van der Waals surface area contributed by atoms with Crippen molar-refractivity contribution in [2.45, 2.75) is 19.4 Å². The first-order chi connectivity index (χ1) is 5.57. The Kier molecular flexibility index (Phi) is 1.99. The molecule has 6 heteroatoms. The number of hydrogen-bond acceptors (Lipinski definition) is 3. The molecule has 1 unspecified atom stereocenters. The van der Waals surface area contributed by atoms with Crippen molar-refractivity contribution in [3.05, 3.63) is 0 Å². The van der Waals surface area contributed by atoms with Crippen LogP contribution in [0.3, 0.4) is 0 Å². The molecule has 0 spiro atoms. The summed E-state index contributed by atoms with van der Waals surface area (Å²) in [5.74, 6) is -0.471. The van der Waals surface area contributed by atoms with Crippen molar-refractivity contribution in [3.8, 4) is 0 Å². The Hall–Kier alpha value is -1.59. The molecule has 1 saturated heterocycles. The fraction of sp³-hybridized carbons (Fsp3) is 0.500. The number of primary amides is 1. The molecule has 1 rings (SSSR count). The number of rotatable bonds is 1. The van der Waals surface area contributed by atoms with Crippen LogP contribution in [0.1, 0.15) is 13.3 Å². The van der Waals surface area contributed by atoms with Gasteiger partial charge >= 0.3 is 12.1 Å². The predicted octanol–water partition coefficient (Wildman–Crippen LogP) is -0.605. The zero-order valence-corrected chi connectivity index (χ0v) is 6.53. The first kappa shape index (κ1) is 8.51. The van der Waals surface area contributed by atoms with Crippen LogP contribution in [0.15, 0.2) is 0 Å². The summed E-state index contributed by atoms with van der Waals surface area (Å²) in [5.41, 5.74) is 4.89. The normalized spacial score (nSPS) is 22.8.